The number of halogens is 2. The standard InChI is InChI=1S/C20H17ClFN3O/c1-12(13-4-6-17(21)18(22)8-13)24-20-7-5-16(11-26-20)14-2-3-15-10-23-25-19(15)9-14/h2-4,6-12,24H,5H2,1H3,(H,23,25)/t12-/m0/s1. The van der Waals surface area contributed by atoms with Crippen molar-refractivity contribution in [3.63, 3.8) is 0 Å². The van der Waals surface area contributed by atoms with Crippen molar-refractivity contribution in [3.05, 3.63) is 82.8 Å². The summed E-state index contributed by atoms with van der Waals surface area (Å²) in [5, 5.41) is 11.5. The molecule has 1 aromatic heterocycles. The van der Waals surface area contributed by atoms with E-state index >= 15 is 0 Å². The van der Waals surface area contributed by atoms with E-state index in [1.165, 1.54) is 6.07 Å². The minimum absolute atomic E-state index is 0.107. The van der Waals surface area contributed by atoms with Crippen LogP contribution in [0.4, 0.5) is 4.39 Å². The zero-order chi connectivity index (χ0) is 18.1. The molecule has 2 heterocycles. The summed E-state index contributed by atoms with van der Waals surface area (Å²) in [5.41, 5.74) is 3.97. The Hall–Kier alpha value is -2.79. The molecule has 1 aliphatic heterocycles. The highest BCUT2D eigenvalue weighted by Crippen LogP contribution is 2.27. The molecule has 0 saturated carbocycles. The molecular weight excluding hydrogens is 353 g/mol. The third-order valence-electron chi connectivity index (χ3n) is 4.45. The lowest BCUT2D eigenvalue weighted by Crippen LogP contribution is -2.20. The molecule has 2 aromatic carbocycles. The molecule has 0 unspecified atom stereocenters. The molecule has 4 rings (SSSR count). The zero-order valence-corrected chi connectivity index (χ0v) is 14.8. The van der Waals surface area contributed by atoms with Gasteiger partial charge in [-0.25, -0.2) is 4.39 Å². The van der Waals surface area contributed by atoms with Crippen LogP contribution in [0.5, 0.6) is 0 Å². The molecular formula is C20H17ClFN3O. The molecule has 3 aromatic rings. The molecule has 1 atom stereocenters. The number of aromatic amines is 1. The van der Waals surface area contributed by atoms with E-state index in [0.29, 0.717) is 5.88 Å². The lowest BCUT2D eigenvalue weighted by atomic mass is 10.0. The first-order valence-corrected chi connectivity index (χ1v) is 8.69. The number of H-pyrrole nitrogens is 1. The fraction of sp³-hybridized carbons (Fsp3) is 0.150. The van der Waals surface area contributed by atoms with Crippen molar-refractivity contribution >= 4 is 28.1 Å². The summed E-state index contributed by atoms with van der Waals surface area (Å²) in [4.78, 5) is 0. The van der Waals surface area contributed by atoms with Crippen LogP contribution in [0.3, 0.4) is 0 Å². The summed E-state index contributed by atoms with van der Waals surface area (Å²) < 4.78 is 19.3. The molecule has 0 saturated heterocycles. The van der Waals surface area contributed by atoms with E-state index < -0.39 is 5.82 Å². The Bertz CT molecular complexity index is 1020. The Kier molecular flexibility index (Phi) is 4.39. The summed E-state index contributed by atoms with van der Waals surface area (Å²) in [6.45, 7) is 1.94. The zero-order valence-electron chi connectivity index (χ0n) is 14.1. The highest BCUT2D eigenvalue weighted by molar-refractivity contribution is 6.30. The highest BCUT2D eigenvalue weighted by Gasteiger charge is 2.14. The van der Waals surface area contributed by atoms with Crippen molar-refractivity contribution in [3.8, 4) is 0 Å². The van der Waals surface area contributed by atoms with E-state index in [9.17, 15) is 4.39 Å². The quantitative estimate of drug-likeness (QED) is 0.655. The fourth-order valence-electron chi connectivity index (χ4n) is 2.93. The van der Waals surface area contributed by atoms with Crippen LogP contribution in [0.15, 0.2) is 60.8 Å². The van der Waals surface area contributed by atoms with Crippen LogP contribution in [-0.4, -0.2) is 10.2 Å². The van der Waals surface area contributed by atoms with Gasteiger partial charge in [0.15, 0.2) is 5.88 Å². The number of fused-ring (bicyclic) bond motifs is 1. The van der Waals surface area contributed by atoms with Gasteiger partial charge in [0.2, 0.25) is 0 Å². The molecule has 2 N–H and O–H groups in total. The second-order valence-corrected chi connectivity index (χ2v) is 6.65. The van der Waals surface area contributed by atoms with Gasteiger partial charge in [0.25, 0.3) is 0 Å². The van der Waals surface area contributed by atoms with Gasteiger partial charge >= 0.3 is 0 Å². The molecule has 132 valence electrons. The van der Waals surface area contributed by atoms with Crippen molar-refractivity contribution in [1.29, 1.82) is 0 Å². The third kappa shape index (κ3) is 3.30. The molecule has 0 spiro atoms. The van der Waals surface area contributed by atoms with Gasteiger partial charge in [-0.1, -0.05) is 29.8 Å². The Morgan fingerprint density at radius 2 is 2.15 bits per heavy atom. The summed E-state index contributed by atoms with van der Waals surface area (Å²) in [6.07, 6.45) is 6.27. The van der Waals surface area contributed by atoms with Gasteiger partial charge < -0.3 is 10.1 Å². The van der Waals surface area contributed by atoms with Gasteiger partial charge in [-0.05, 0) is 54.3 Å². The SMILES string of the molecule is C[C@H](NC1=CCC(c2ccc3cn[nH]c3c2)=CO1)c1ccc(Cl)c(F)c1. The second-order valence-electron chi connectivity index (χ2n) is 6.25. The molecule has 0 aliphatic carbocycles. The number of hydrogen-bond acceptors (Lipinski definition) is 3. The van der Waals surface area contributed by atoms with E-state index in [2.05, 4.69) is 27.6 Å². The molecule has 26 heavy (non-hydrogen) atoms. The van der Waals surface area contributed by atoms with Crippen LogP contribution in [0.25, 0.3) is 16.5 Å². The molecule has 6 heteroatoms. The Balaban J connectivity index is 1.44. The van der Waals surface area contributed by atoms with Crippen LogP contribution < -0.4 is 5.32 Å². The number of benzene rings is 2. The van der Waals surface area contributed by atoms with E-state index in [4.69, 9.17) is 16.3 Å². The fourth-order valence-corrected chi connectivity index (χ4v) is 3.05. The summed E-state index contributed by atoms with van der Waals surface area (Å²) in [7, 11) is 0. The van der Waals surface area contributed by atoms with Gasteiger partial charge in [0.1, 0.15) is 5.82 Å². The highest BCUT2D eigenvalue weighted by atomic mass is 35.5. The van der Waals surface area contributed by atoms with Crippen molar-refractivity contribution in [1.82, 2.24) is 15.5 Å². The smallest absolute Gasteiger partial charge is 0.189 e. The maximum absolute atomic E-state index is 13.6. The van der Waals surface area contributed by atoms with Gasteiger partial charge in [-0.15, -0.1) is 0 Å². The first-order chi connectivity index (χ1) is 12.6. The lowest BCUT2D eigenvalue weighted by molar-refractivity contribution is 0.296. The predicted octanol–water partition coefficient (Wildman–Crippen LogP) is 5.31. The number of hydrogen-bond donors (Lipinski definition) is 2. The molecule has 4 nitrogen and oxygen atoms in total. The Labute approximate surface area is 155 Å². The van der Waals surface area contributed by atoms with Crippen molar-refractivity contribution in [2.75, 3.05) is 0 Å². The molecule has 0 bridgehead atoms. The third-order valence-corrected chi connectivity index (χ3v) is 4.76. The monoisotopic (exact) mass is 369 g/mol. The van der Waals surface area contributed by atoms with Crippen molar-refractivity contribution in [2.45, 2.75) is 19.4 Å². The largest absolute Gasteiger partial charge is 0.449 e. The maximum Gasteiger partial charge on any atom is 0.189 e. The summed E-state index contributed by atoms with van der Waals surface area (Å²) in [6, 6.07) is 10.8. The number of nitrogens with one attached hydrogen (secondary N) is 2. The van der Waals surface area contributed by atoms with E-state index in [-0.39, 0.29) is 11.1 Å². The normalized spacial score (nSPS) is 15.2. The first-order valence-electron chi connectivity index (χ1n) is 8.31. The van der Waals surface area contributed by atoms with Crippen LogP contribution in [0.1, 0.15) is 30.5 Å². The van der Waals surface area contributed by atoms with Gasteiger partial charge in [0.05, 0.1) is 29.0 Å². The maximum atomic E-state index is 13.6. The van der Waals surface area contributed by atoms with Crippen LogP contribution in [0, 0.1) is 5.82 Å². The predicted molar refractivity (Wildman–Crippen MR) is 101 cm³/mol. The van der Waals surface area contributed by atoms with Crippen molar-refractivity contribution in [2.24, 2.45) is 0 Å². The molecule has 0 radical (unpaired) electrons. The Morgan fingerprint density at radius 1 is 1.27 bits per heavy atom. The average molecular weight is 370 g/mol. The first kappa shape index (κ1) is 16.7. The minimum Gasteiger partial charge on any atom is -0.449 e. The minimum atomic E-state index is -0.423. The number of ether oxygens (including phenoxy) is 1. The van der Waals surface area contributed by atoms with Gasteiger partial charge in [0, 0.05) is 5.39 Å². The van der Waals surface area contributed by atoms with Gasteiger partial charge in [-0.2, -0.15) is 5.10 Å². The number of nitrogens with zero attached hydrogens (tertiary/aromatic N) is 1. The topological polar surface area (TPSA) is 49.9 Å². The van der Waals surface area contributed by atoms with Crippen LogP contribution >= 0.6 is 11.6 Å². The molecule has 1 aliphatic rings. The number of rotatable bonds is 4. The lowest BCUT2D eigenvalue weighted by Gasteiger charge is -2.21. The van der Waals surface area contributed by atoms with Crippen LogP contribution in [-0.2, 0) is 4.74 Å². The number of allylic oxidation sites excluding steroid dienone is 2. The van der Waals surface area contributed by atoms with Crippen molar-refractivity contribution < 1.29 is 9.13 Å². The van der Waals surface area contributed by atoms with Crippen LogP contribution in [0.2, 0.25) is 5.02 Å². The second kappa shape index (κ2) is 6.84. The molecule has 0 amide bonds. The number of aromatic nitrogens is 2. The Morgan fingerprint density at radius 3 is 2.92 bits per heavy atom. The summed E-state index contributed by atoms with van der Waals surface area (Å²) >= 11 is 5.74. The van der Waals surface area contributed by atoms with E-state index in [0.717, 1.165) is 34.0 Å². The van der Waals surface area contributed by atoms with Gasteiger partial charge in [-0.3, -0.25) is 5.10 Å². The van der Waals surface area contributed by atoms with E-state index in [1.54, 1.807) is 24.6 Å². The molecule has 0 fully saturated rings. The average Bonchev–Trinajstić information content (AvgIpc) is 3.12. The summed E-state index contributed by atoms with van der Waals surface area (Å²) in [5.74, 6) is 0.229. The van der Waals surface area contributed by atoms with E-state index in [1.807, 2.05) is 19.1 Å².